The molecular weight excluding hydrogens is 335 g/mol. The number of phosphoric acid groups is 1. The maximum absolute atomic E-state index is 12.2. The average molecular weight is 372 g/mol. The maximum Gasteiger partial charge on any atom is 0.474 e. The van der Waals surface area contributed by atoms with E-state index in [0.717, 1.165) is 38.5 Å². The van der Waals surface area contributed by atoms with Crippen LogP contribution in [0.3, 0.4) is 0 Å². The summed E-state index contributed by atoms with van der Waals surface area (Å²) in [5, 5.41) is 0. The van der Waals surface area contributed by atoms with E-state index in [0.29, 0.717) is 19.8 Å². The van der Waals surface area contributed by atoms with E-state index >= 15 is 0 Å². The lowest BCUT2D eigenvalue weighted by atomic mass is 10.1. The monoisotopic (exact) mass is 372 g/mol. The Labute approximate surface area is 154 Å². The fraction of sp³-hybridized carbons (Fsp3) is 0.700. The highest BCUT2D eigenvalue weighted by atomic mass is 31.2. The zero-order valence-electron chi connectivity index (χ0n) is 16.8. The molecule has 0 aliphatic heterocycles. The van der Waals surface area contributed by atoms with Gasteiger partial charge < -0.3 is 0 Å². The summed E-state index contributed by atoms with van der Waals surface area (Å²) in [6.07, 6.45) is 5.63. The lowest BCUT2D eigenvalue weighted by Crippen LogP contribution is -2.03. The van der Waals surface area contributed by atoms with Gasteiger partial charge in [-0.2, -0.15) is 0 Å². The molecule has 0 fully saturated rings. The van der Waals surface area contributed by atoms with Gasteiger partial charge in [0.05, 0.1) is 19.8 Å². The minimum Gasteiger partial charge on any atom is -0.287 e. The third-order valence-corrected chi connectivity index (χ3v) is 5.16. The molecule has 0 aliphatic carbocycles. The van der Waals surface area contributed by atoms with Crippen molar-refractivity contribution in [2.24, 2.45) is 0 Å². The van der Waals surface area contributed by atoms with Crippen molar-refractivity contribution in [3.8, 4) is 0 Å². The SMILES string of the molecule is CCCCOP(=O)(OCCCC)OCCCC.Cc1ccccc1C. The minimum atomic E-state index is -3.31. The van der Waals surface area contributed by atoms with Crippen LogP contribution in [0.15, 0.2) is 24.3 Å². The van der Waals surface area contributed by atoms with Crippen molar-refractivity contribution in [3.63, 3.8) is 0 Å². The number of phosphoric ester groups is 1. The van der Waals surface area contributed by atoms with E-state index in [1.165, 1.54) is 11.1 Å². The number of benzene rings is 1. The van der Waals surface area contributed by atoms with Crippen molar-refractivity contribution >= 4 is 7.82 Å². The summed E-state index contributed by atoms with van der Waals surface area (Å²) in [7, 11) is -3.31. The first kappa shape index (κ1) is 24.3. The summed E-state index contributed by atoms with van der Waals surface area (Å²) in [6, 6.07) is 8.36. The van der Waals surface area contributed by atoms with Gasteiger partial charge in [0.25, 0.3) is 0 Å². The second kappa shape index (κ2) is 15.6. The molecule has 0 saturated heterocycles. The Balaban J connectivity index is 0.000000593. The Morgan fingerprint density at radius 3 is 1.28 bits per heavy atom. The topological polar surface area (TPSA) is 44.8 Å². The Kier molecular flexibility index (Phi) is 15.2. The summed E-state index contributed by atoms with van der Waals surface area (Å²) in [6.45, 7) is 11.7. The van der Waals surface area contributed by atoms with Crippen molar-refractivity contribution in [2.45, 2.75) is 73.1 Å². The summed E-state index contributed by atoms with van der Waals surface area (Å²) in [5.41, 5.74) is 2.74. The van der Waals surface area contributed by atoms with Crippen molar-refractivity contribution in [3.05, 3.63) is 35.4 Å². The van der Waals surface area contributed by atoms with Gasteiger partial charge in [-0.15, -0.1) is 0 Å². The lowest BCUT2D eigenvalue weighted by Gasteiger charge is -2.17. The fourth-order valence-electron chi connectivity index (χ4n) is 1.74. The molecule has 4 nitrogen and oxygen atoms in total. The molecule has 0 saturated carbocycles. The third kappa shape index (κ3) is 13.2. The number of unbranched alkanes of at least 4 members (excludes halogenated alkanes) is 3. The Morgan fingerprint density at radius 2 is 1.04 bits per heavy atom. The van der Waals surface area contributed by atoms with Crippen LogP contribution in [0, 0.1) is 13.8 Å². The second-order valence-electron chi connectivity index (χ2n) is 6.09. The van der Waals surface area contributed by atoms with Crippen LogP contribution >= 0.6 is 7.82 Å². The molecule has 25 heavy (non-hydrogen) atoms. The average Bonchev–Trinajstić information content (AvgIpc) is 2.59. The van der Waals surface area contributed by atoms with Gasteiger partial charge in [-0.3, -0.25) is 13.6 Å². The minimum absolute atomic E-state index is 0.437. The fourth-order valence-corrected chi connectivity index (χ4v) is 3.02. The lowest BCUT2D eigenvalue weighted by molar-refractivity contribution is 0.110. The molecule has 0 amide bonds. The van der Waals surface area contributed by atoms with Gasteiger partial charge in [-0.1, -0.05) is 64.3 Å². The molecule has 0 N–H and O–H groups in total. The van der Waals surface area contributed by atoms with E-state index in [1.807, 2.05) is 0 Å². The molecule has 0 heterocycles. The van der Waals surface area contributed by atoms with Crippen LogP contribution in [0.1, 0.15) is 70.4 Å². The van der Waals surface area contributed by atoms with Gasteiger partial charge in [0.1, 0.15) is 0 Å². The van der Waals surface area contributed by atoms with Gasteiger partial charge >= 0.3 is 7.82 Å². The molecule has 0 radical (unpaired) electrons. The van der Waals surface area contributed by atoms with Crippen LogP contribution in [-0.4, -0.2) is 19.8 Å². The van der Waals surface area contributed by atoms with Gasteiger partial charge in [0, 0.05) is 0 Å². The van der Waals surface area contributed by atoms with E-state index in [-0.39, 0.29) is 0 Å². The van der Waals surface area contributed by atoms with Crippen LogP contribution < -0.4 is 0 Å². The molecule has 1 aromatic carbocycles. The van der Waals surface area contributed by atoms with Gasteiger partial charge in [-0.25, -0.2) is 4.57 Å². The number of hydrogen-bond donors (Lipinski definition) is 0. The summed E-state index contributed by atoms with van der Waals surface area (Å²) < 4.78 is 28.0. The molecule has 146 valence electrons. The molecule has 0 aromatic heterocycles. The Bertz CT molecular complexity index is 422. The van der Waals surface area contributed by atoms with Gasteiger partial charge in [0.2, 0.25) is 0 Å². The third-order valence-electron chi connectivity index (χ3n) is 3.67. The standard InChI is InChI=1S/C12H27O4P.C8H10/c1-4-7-10-14-17(13,15-11-8-5-2)16-12-9-6-3;1-7-5-3-4-6-8(7)2/h4-12H2,1-3H3;3-6H,1-2H3. The smallest absolute Gasteiger partial charge is 0.287 e. The molecule has 0 spiro atoms. The normalized spacial score (nSPS) is 11.1. The van der Waals surface area contributed by atoms with E-state index in [9.17, 15) is 4.57 Å². The zero-order valence-corrected chi connectivity index (χ0v) is 17.6. The number of hydrogen-bond acceptors (Lipinski definition) is 4. The first-order valence-electron chi connectivity index (χ1n) is 9.54. The van der Waals surface area contributed by atoms with Gasteiger partial charge in [0.15, 0.2) is 0 Å². The largest absolute Gasteiger partial charge is 0.474 e. The second-order valence-corrected chi connectivity index (χ2v) is 7.76. The maximum atomic E-state index is 12.2. The first-order valence-corrected chi connectivity index (χ1v) is 11.0. The highest BCUT2D eigenvalue weighted by Gasteiger charge is 2.25. The quantitative estimate of drug-likeness (QED) is 0.297. The zero-order chi connectivity index (χ0) is 19.0. The van der Waals surface area contributed by atoms with E-state index in [4.69, 9.17) is 13.6 Å². The van der Waals surface area contributed by atoms with Crippen molar-refractivity contribution in [1.82, 2.24) is 0 Å². The summed E-state index contributed by atoms with van der Waals surface area (Å²) in [5.74, 6) is 0. The molecule has 1 aromatic rings. The highest BCUT2D eigenvalue weighted by Crippen LogP contribution is 2.49. The highest BCUT2D eigenvalue weighted by molar-refractivity contribution is 7.48. The predicted octanol–water partition coefficient (Wildman–Crippen LogP) is 6.85. The van der Waals surface area contributed by atoms with Crippen LogP contribution in [0.2, 0.25) is 0 Å². The molecule has 0 atom stereocenters. The van der Waals surface area contributed by atoms with E-state index in [2.05, 4.69) is 58.9 Å². The Hall–Kier alpha value is -0.670. The van der Waals surface area contributed by atoms with E-state index in [1.54, 1.807) is 0 Å². The summed E-state index contributed by atoms with van der Waals surface area (Å²) >= 11 is 0. The van der Waals surface area contributed by atoms with Crippen molar-refractivity contribution in [1.29, 1.82) is 0 Å². The van der Waals surface area contributed by atoms with Gasteiger partial charge in [-0.05, 0) is 44.2 Å². The summed E-state index contributed by atoms with van der Waals surface area (Å²) in [4.78, 5) is 0. The van der Waals surface area contributed by atoms with Crippen molar-refractivity contribution < 1.29 is 18.1 Å². The van der Waals surface area contributed by atoms with Crippen LogP contribution in [0.25, 0.3) is 0 Å². The molecule has 1 rings (SSSR count). The predicted molar refractivity (Wildman–Crippen MR) is 106 cm³/mol. The molecule has 5 heteroatoms. The number of rotatable bonds is 12. The van der Waals surface area contributed by atoms with Crippen LogP contribution in [0.5, 0.6) is 0 Å². The van der Waals surface area contributed by atoms with Crippen molar-refractivity contribution in [2.75, 3.05) is 19.8 Å². The first-order chi connectivity index (χ1) is 12.0. The Morgan fingerprint density at radius 1 is 0.720 bits per heavy atom. The molecule has 0 unspecified atom stereocenters. The van der Waals surface area contributed by atoms with E-state index < -0.39 is 7.82 Å². The van der Waals surface area contributed by atoms with Crippen LogP contribution in [0.4, 0.5) is 0 Å². The van der Waals surface area contributed by atoms with Crippen LogP contribution in [-0.2, 0) is 18.1 Å². The molecule has 0 aliphatic rings. The molecule has 0 bridgehead atoms. The molecular formula is C20H37O4P. The number of aryl methyl sites for hydroxylation is 2.